The Balaban J connectivity index is 0. The molecule has 0 nitrogen and oxygen atoms in total. The summed E-state index contributed by atoms with van der Waals surface area (Å²) in [5, 5.41) is 0. The van der Waals surface area contributed by atoms with Crippen LogP contribution in [0.3, 0.4) is 0 Å². The van der Waals surface area contributed by atoms with Crippen molar-refractivity contribution in [2.45, 2.75) is 0 Å². The molecule has 0 rings (SSSR count). The third kappa shape index (κ3) is 19.0. The molecular weight excluding hydrogens is 268 g/mol. The number of hydrogen-bond donors (Lipinski definition) is 0. The summed E-state index contributed by atoms with van der Waals surface area (Å²) < 4.78 is 0. The van der Waals surface area contributed by atoms with E-state index in [1.807, 2.05) is 0 Å². The first-order valence-electron chi connectivity index (χ1n) is 0. The van der Waals surface area contributed by atoms with Crippen LogP contribution in [0.15, 0.2) is 0 Å². The quantitative estimate of drug-likeness (QED) is 0.385. The average Bonchev–Trinajstić information content (AvgIpc) is 0. The number of rotatable bonds is 0. The van der Waals surface area contributed by atoms with E-state index in [1.54, 1.807) is 0 Å². The molecule has 5 heteroatoms. The Labute approximate surface area is 110 Å². The zero-order valence-corrected chi connectivity index (χ0v) is 10.8. The van der Waals surface area contributed by atoms with Gasteiger partial charge in [-0.15, -0.1) is 12.4 Å². The standard InChI is InChI=1S/Ba.3ClH.Mg.2H/h;3*1H;;;/q+2;;;;+2;2*-1/p-2. The largest absolute Gasteiger partial charge is 2.00 e. The first kappa shape index (κ1) is 41.4. The first-order valence-corrected chi connectivity index (χ1v) is 0. The minimum Gasteiger partial charge on any atom is -1.00 e. The Morgan fingerprint density at radius 1 is 1.00 bits per heavy atom. The topological polar surface area (TPSA) is 0 Å². The van der Waals surface area contributed by atoms with Crippen molar-refractivity contribution in [1.29, 1.82) is 0 Å². The average molecular weight is 271 g/mol. The molecule has 0 bridgehead atoms. The predicted molar refractivity (Wildman–Crippen MR) is 21.0 cm³/mol. The predicted octanol–water partition coefficient (Wildman–Crippen LogP) is -6.11. The maximum atomic E-state index is 0. The maximum Gasteiger partial charge on any atom is 2.00 e. The fourth-order valence-electron chi connectivity index (χ4n) is 0. The molecule has 0 aromatic carbocycles. The van der Waals surface area contributed by atoms with E-state index in [0.29, 0.717) is 0 Å². The van der Waals surface area contributed by atoms with Crippen LogP contribution < -0.4 is 24.8 Å². The third-order valence-corrected chi connectivity index (χ3v) is 0. The summed E-state index contributed by atoms with van der Waals surface area (Å²) in [6, 6.07) is 0. The molecule has 0 radical (unpaired) electrons. The molecule has 0 aliphatic heterocycles. The Morgan fingerprint density at radius 2 is 1.00 bits per heavy atom. The molecule has 0 aliphatic rings. The van der Waals surface area contributed by atoms with Crippen molar-refractivity contribution in [1.82, 2.24) is 0 Å². The van der Waals surface area contributed by atoms with Gasteiger partial charge in [0, 0.05) is 0 Å². The summed E-state index contributed by atoms with van der Waals surface area (Å²) in [5.41, 5.74) is 0. The smallest absolute Gasteiger partial charge is 1.00 e. The Bertz CT molecular complexity index is 12.9. The van der Waals surface area contributed by atoms with Gasteiger partial charge in [0.2, 0.25) is 0 Å². The molecule has 0 atom stereocenters. The van der Waals surface area contributed by atoms with Gasteiger partial charge in [-0.05, 0) is 0 Å². The molecule has 0 fully saturated rings. The van der Waals surface area contributed by atoms with Crippen molar-refractivity contribution in [3.8, 4) is 0 Å². The second kappa shape index (κ2) is 27.0. The maximum absolute atomic E-state index is 0. The van der Waals surface area contributed by atoms with Crippen molar-refractivity contribution in [2.24, 2.45) is 0 Å². The normalized spacial score (nSPS) is 0. The molecule has 0 saturated carbocycles. The summed E-state index contributed by atoms with van der Waals surface area (Å²) in [4.78, 5) is 0. The van der Waals surface area contributed by atoms with Crippen LogP contribution in [-0.2, 0) is 0 Å². The second-order valence-electron chi connectivity index (χ2n) is 0. The van der Waals surface area contributed by atoms with Crippen LogP contribution in [0.4, 0.5) is 0 Å². The monoisotopic (exact) mass is 270 g/mol. The third-order valence-electron chi connectivity index (χ3n) is 0. The van der Waals surface area contributed by atoms with Crippen molar-refractivity contribution >= 4 is 84.3 Å². The van der Waals surface area contributed by atoms with Crippen molar-refractivity contribution in [3.05, 3.63) is 0 Å². The fraction of sp³-hybridized carbons (Fsp3) is 0. The van der Waals surface area contributed by atoms with Gasteiger partial charge in [0.15, 0.2) is 0 Å². The van der Waals surface area contributed by atoms with Crippen LogP contribution in [0.5, 0.6) is 0 Å². The van der Waals surface area contributed by atoms with Crippen molar-refractivity contribution < 1.29 is 27.7 Å². The zero-order valence-electron chi connectivity index (χ0n) is 4.58. The van der Waals surface area contributed by atoms with E-state index in [1.165, 1.54) is 0 Å². The molecule has 28 valence electrons. The van der Waals surface area contributed by atoms with Gasteiger partial charge in [-0.1, -0.05) is 0 Å². The van der Waals surface area contributed by atoms with Gasteiger partial charge in [0.25, 0.3) is 0 Å². The van der Waals surface area contributed by atoms with Gasteiger partial charge in [-0.25, -0.2) is 0 Å². The summed E-state index contributed by atoms with van der Waals surface area (Å²) in [6.07, 6.45) is 0. The molecule has 0 unspecified atom stereocenters. The number of hydrogen-bond acceptors (Lipinski definition) is 0. The van der Waals surface area contributed by atoms with Crippen molar-refractivity contribution in [2.75, 3.05) is 0 Å². The fourth-order valence-corrected chi connectivity index (χ4v) is 0. The molecule has 0 aliphatic carbocycles. The van der Waals surface area contributed by atoms with Gasteiger partial charge in [0.1, 0.15) is 0 Å². The van der Waals surface area contributed by atoms with Crippen LogP contribution in [-0.4, -0.2) is 71.9 Å². The van der Waals surface area contributed by atoms with Gasteiger partial charge in [-0.3, -0.25) is 0 Å². The molecule has 0 aromatic rings. The van der Waals surface area contributed by atoms with E-state index in [9.17, 15) is 0 Å². The molecule has 0 N–H and O–H groups in total. The van der Waals surface area contributed by atoms with E-state index in [2.05, 4.69) is 0 Å². The van der Waals surface area contributed by atoms with E-state index in [-0.39, 0.29) is 112 Å². The molecule has 0 saturated heterocycles. The van der Waals surface area contributed by atoms with E-state index in [4.69, 9.17) is 0 Å². The minimum atomic E-state index is 0. The SMILES string of the molecule is Cl.[Ba+2].[Cl-].[Cl-].[H-].[H-].[Mg+2]. The molecule has 0 heterocycles. The van der Waals surface area contributed by atoms with Gasteiger partial charge >= 0.3 is 71.9 Å². The van der Waals surface area contributed by atoms with Crippen LogP contribution in [0.1, 0.15) is 2.85 Å². The summed E-state index contributed by atoms with van der Waals surface area (Å²) >= 11 is 0. The van der Waals surface area contributed by atoms with Gasteiger partial charge in [0.05, 0.1) is 0 Å². The molecule has 0 amide bonds. The summed E-state index contributed by atoms with van der Waals surface area (Å²) in [7, 11) is 0. The van der Waals surface area contributed by atoms with Crippen molar-refractivity contribution in [3.63, 3.8) is 0 Å². The summed E-state index contributed by atoms with van der Waals surface area (Å²) in [6.45, 7) is 0. The second-order valence-corrected chi connectivity index (χ2v) is 0. The Hall–Kier alpha value is 3.21. The summed E-state index contributed by atoms with van der Waals surface area (Å²) in [5.74, 6) is 0. The van der Waals surface area contributed by atoms with E-state index < -0.39 is 0 Å². The van der Waals surface area contributed by atoms with Gasteiger partial charge < -0.3 is 27.7 Å². The Morgan fingerprint density at radius 3 is 1.00 bits per heavy atom. The Kier molecular flexibility index (Phi) is 224. The van der Waals surface area contributed by atoms with Crippen LogP contribution in [0.2, 0.25) is 0 Å². The molecule has 5 heavy (non-hydrogen) atoms. The molecular formula is H3BaCl3Mg. The minimum absolute atomic E-state index is 0. The molecule has 0 aromatic heterocycles. The zero-order chi connectivity index (χ0) is 0. The number of halogens is 3. The van der Waals surface area contributed by atoms with E-state index in [0.717, 1.165) is 0 Å². The first-order chi connectivity index (χ1) is 0. The van der Waals surface area contributed by atoms with Crippen LogP contribution in [0, 0.1) is 0 Å². The van der Waals surface area contributed by atoms with E-state index >= 15 is 0 Å². The van der Waals surface area contributed by atoms with Gasteiger partial charge in [-0.2, -0.15) is 0 Å². The van der Waals surface area contributed by atoms with Crippen LogP contribution in [0.25, 0.3) is 0 Å². The molecule has 0 spiro atoms. The van der Waals surface area contributed by atoms with Crippen LogP contribution >= 0.6 is 12.4 Å².